The number of aryl methyl sites for hydroxylation is 1. The Bertz CT molecular complexity index is 975. The van der Waals surface area contributed by atoms with Gasteiger partial charge in [0.2, 0.25) is 0 Å². The van der Waals surface area contributed by atoms with Crippen LogP contribution in [0.2, 0.25) is 5.02 Å². The number of nitrogens with zero attached hydrogens (tertiary/aromatic N) is 3. The topological polar surface area (TPSA) is 60.6 Å². The van der Waals surface area contributed by atoms with Crippen molar-refractivity contribution >= 4 is 22.8 Å². The molecule has 0 aliphatic carbocycles. The smallest absolute Gasteiger partial charge is 0.280 e. The van der Waals surface area contributed by atoms with E-state index in [1.165, 1.54) is 4.57 Å². The number of benzene rings is 1. The highest BCUT2D eigenvalue weighted by atomic mass is 35.5. The second-order valence-corrected chi connectivity index (χ2v) is 5.93. The molecule has 1 aromatic carbocycles. The predicted molar refractivity (Wildman–Crippen MR) is 96.3 cm³/mol. The number of anilines is 1. The van der Waals surface area contributed by atoms with Crippen LogP contribution in [-0.4, -0.2) is 27.8 Å². The number of methoxy groups -OCH3 is 1. The average molecular weight is 347 g/mol. The van der Waals surface area contributed by atoms with Crippen LogP contribution in [0.4, 0.5) is 5.69 Å². The van der Waals surface area contributed by atoms with E-state index in [9.17, 15) is 4.79 Å². The molecule has 2 aromatic heterocycles. The SMILES string of the molecule is CCNc1cc(C)n2nc(-c3ccc(OC)cc3Cl)n(C)c(=O)c12. The molecule has 3 rings (SSSR count). The maximum atomic E-state index is 12.9. The summed E-state index contributed by atoms with van der Waals surface area (Å²) < 4.78 is 8.35. The first-order chi connectivity index (χ1) is 11.5. The van der Waals surface area contributed by atoms with Crippen LogP contribution >= 0.6 is 11.6 Å². The highest BCUT2D eigenvalue weighted by Gasteiger charge is 2.17. The Morgan fingerprint density at radius 2 is 2.08 bits per heavy atom. The van der Waals surface area contributed by atoms with E-state index in [2.05, 4.69) is 10.4 Å². The summed E-state index contributed by atoms with van der Waals surface area (Å²) in [5, 5.41) is 8.33. The van der Waals surface area contributed by atoms with E-state index in [1.54, 1.807) is 36.9 Å². The molecule has 0 atom stereocenters. The van der Waals surface area contributed by atoms with Crippen LogP contribution in [0, 0.1) is 6.92 Å². The molecule has 0 bridgehead atoms. The molecule has 126 valence electrons. The number of hydrogen-bond acceptors (Lipinski definition) is 4. The molecule has 0 amide bonds. The van der Waals surface area contributed by atoms with Gasteiger partial charge in [0.05, 0.1) is 17.8 Å². The molecule has 0 saturated heterocycles. The molecule has 0 saturated carbocycles. The molecule has 2 heterocycles. The van der Waals surface area contributed by atoms with E-state index in [1.807, 2.05) is 19.9 Å². The zero-order valence-corrected chi connectivity index (χ0v) is 14.8. The first kappa shape index (κ1) is 16.4. The number of nitrogens with one attached hydrogen (secondary N) is 1. The van der Waals surface area contributed by atoms with Gasteiger partial charge in [0, 0.05) is 24.8 Å². The van der Waals surface area contributed by atoms with E-state index in [0.717, 1.165) is 17.9 Å². The van der Waals surface area contributed by atoms with Crippen LogP contribution in [0.3, 0.4) is 0 Å². The molecule has 0 radical (unpaired) electrons. The van der Waals surface area contributed by atoms with Crippen LogP contribution in [0.5, 0.6) is 5.75 Å². The van der Waals surface area contributed by atoms with Gasteiger partial charge in [0.25, 0.3) is 5.56 Å². The maximum absolute atomic E-state index is 12.9. The molecule has 0 aliphatic rings. The van der Waals surface area contributed by atoms with E-state index < -0.39 is 0 Å². The number of hydrogen-bond donors (Lipinski definition) is 1. The minimum atomic E-state index is -0.129. The number of fused-ring (bicyclic) bond motifs is 1. The number of rotatable bonds is 4. The van der Waals surface area contributed by atoms with Crippen molar-refractivity contribution in [2.45, 2.75) is 13.8 Å². The van der Waals surface area contributed by atoms with Crippen molar-refractivity contribution < 1.29 is 4.74 Å². The van der Waals surface area contributed by atoms with E-state index in [-0.39, 0.29) is 5.56 Å². The fourth-order valence-corrected chi connectivity index (χ4v) is 3.00. The lowest BCUT2D eigenvalue weighted by molar-refractivity contribution is 0.415. The molecule has 3 aromatic rings. The summed E-state index contributed by atoms with van der Waals surface area (Å²) in [6, 6.07) is 7.23. The standard InChI is InChI=1S/C17H19ClN4O2/c1-5-19-14-8-10(2)22-15(14)17(23)21(3)16(20-22)12-7-6-11(24-4)9-13(12)18/h6-9,19H,5H2,1-4H3. The monoisotopic (exact) mass is 346 g/mol. The molecule has 0 spiro atoms. The summed E-state index contributed by atoms with van der Waals surface area (Å²) in [7, 11) is 3.28. The quantitative estimate of drug-likeness (QED) is 0.788. The molecule has 0 aliphatic heterocycles. The van der Waals surface area contributed by atoms with Gasteiger partial charge in [-0.1, -0.05) is 11.6 Å². The summed E-state index contributed by atoms with van der Waals surface area (Å²) in [4.78, 5) is 12.9. The van der Waals surface area contributed by atoms with Crippen LogP contribution in [0.25, 0.3) is 16.9 Å². The fourth-order valence-electron chi connectivity index (χ4n) is 2.74. The third-order valence-corrected chi connectivity index (χ3v) is 4.27. The molecular weight excluding hydrogens is 328 g/mol. The zero-order chi connectivity index (χ0) is 17.4. The van der Waals surface area contributed by atoms with Crippen LogP contribution in [0.15, 0.2) is 29.1 Å². The summed E-state index contributed by atoms with van der Waals surface area (Å²) in [5.41, 5.74) is 2.75. The van der Waals surface area contributed by atoms with Gasteiger partial charge in [-0.05, 0) is 38.1 Å². The molecule has 0 fully saturated rings. The summed E-state index contributed by atoms with van der Waals surface area (Å²) >= 11 is 6.36. The third kappa shape index (κ3) is 2.53. The van der Waals surface area contributed by atoms with E-state index >= 15 is 0 Å². The Kier molecular flexibility index (Phi) is 4.24. The highest BCUT2D eigenvalue weighted by molar-refractivity contribution is 6.33. The maximum Gasteiger partial charge on any atom is 0.280 e. The van der Waals surface area contributed by atoms with Crippen molar-refractivity contribution in [3.05, 3.63) is 45.3 Å². The zero-order valence-electron chi connectivity index (χ0n) is 14.1. The van der Waals surface area contributed by atoms with Crippen LogP contribution in [0.1, 0.15) is 12.6 Å². The largest absolute Gasteiger partial charge is 0.497 e. The predicted octanol–water partition coefficient (Wildman–Crippen LogP) is 3.10. The Morgan fingerprint density at radius 1 is 1.33 bits per heavy atom. The molecular formula is C17H19ClN4O2. The lowest BCUT2D eigenvalue weighted by Crippen LogP contribution is -2.24. The highest BCUT2D eigenvalue weighted by Crippen LogP contribution is 2.30. The Balaban J connectivity index is 2.29. The average Bonchev–Trinajstić information content (AvgIpc) is 2.87. The van der Waals surface area contributed by atoms with Gasteiger partial charge in [0.1, 0.15) is 5.75 Å². The number of aromatic nitrogens is 3. The summed E-state index contributed by atoms with van der Waals surface area (Å²) in [6.45, 7) is 4.64. The van der Waals surface area contributed by atoms with Crippen molar-refractivity contribution in [3.63, 3.8) is 0 Å². The van der Waals surface area contributed by atoms with Gasteiger partial charge in [-0.2, -0.15) is 0 Å². The molecule has 7 heteroatoms. The van der Waals surface area contributed by atoms with Crippen LogP contribution < -0.4 is 15.6 Å². The fraction of sp³-hybridized carbons (Fsp3) is 0.294. The second-order valence-electron chi connectivity index (χ2n) is 5.52. The Hall–Kier alpha value is -2.47. The van der Waals surface area contributed by atoms with Gasteiger partial charge in [-0.25, -0.2) is 4.52 Å². The van der Waals surface area contributed by atoms with Gasteiger partial charge >= 0.3 is 0 Å². The van der Waals surface area contributed by atoms with E-state index in [0.29, 0.717) is 27.7 Å². The molecule has 24 heavy (non-hydrogen) atoms. The second kappa shape index (κ2) is 6.20. The van der Waals surface area contributed by atoms with Crippen molar-refractivity contribution in [1.82, 2.24) is 14.2 Å². The van der Waals surface area contributed by atoms with Crippen LogP contribution in [-0.2, 0) is 7.05 Å². The van der Waals surface area contributed by atoms with Crippen molar-refractivity contribution in [2.24, 2.45) is 7.05 Å². The lowest BCUT2D eigenvalue weighted by Gasteiger charge is -2.12. The van der Waals surface area contributed by atoms with Crippen molar-refractivity contribution in [1.29, 1.82) is 0 Å². The minimum Gasteiger partial charge on any atom is -0.497 e. The summed E-state index contributed by atoms with van der Waals surface area (Å²) in [5.74, 6) is 1.16. The van der Waals surface area contributed by atoms with Gasteiger partial charge in [0.15, 0.2) is 11.3 Å². The first-order valence-electron chi connectivity index (χ1n) is 7.65. The lowest BCUT2D eigenvalue weighted by atomic mass is 10.2. The van der Waals surface area contributed by atoms with Gasteiger partial charge in [-0.15, -0.1) is 5.10 Å². The molecule has 1 N–H and O–H groups in total. The first-order valence-corrected chi connectivity index (χ1v) is 8.02. The van der Waals surface area contributed by atoms with Crippen molar-refractivity contribution in [3.8, 4) is 17.1 Å². The number of ether oxygens (including phenoxy) is 1. The summed E-state index contributed by atoms with van der Waals surface area (Å²) in [6.07, 6.45) is 0. The molecule has 0 unspecified atom stereocenters. The van der Waals surface area contributed by atoms with E-state index in [4.69, 9.17) is 16.3 Å². The third-order valence-electron chi connectivity index (χ3n) is 3.96. The van der Waals surface area contributed by atoms with Gasteiger partial charge in [-0.3, -0.25) is 9.36 Å². The molecule has 6 nitrogen and oxygen atoms in total. The number of halogens is 1. The van der Waals surface area contributed by atoms with Gasteiger partial charge < -0.3 is 10.1 Å². The normalized spacial score (nSPS) is 11.0. The Morgan fingerprint density at radius 3 is 2.71 bits per heavy atom. The Labute approximate surface area is 144 Å². The van der Waals surface area contributed by atoms with Crippen molar-refractivity contribution in [2.75, 3.05) is 19.0 Å². The minimum absolute atomic E-state index is 0.129.